The first-order chi connectivity index (χ1) is 14.8. The van der Waals surface area contributed by atoms with Gasteiger partial charge in [-0.25, -0.2) is 4.68 Å². The molecule has 6 nitrogen and oxygen atoms in total. The molecule has 2 heterocycles. The normalized spacial score (nSPS) is 13.7. The number of amides is 2. The third-order valence-corrected chi connectivity index (χ3v) is 6.20. The number of nitrogens with one attached hydrogen (secondary N) is 1. The van der Waals surface area contributed by atoms with Crippen LogP contribution in [0.2, 0.25) is 10.0 Å². The van der Waals surface area contributed by atoms with Gasteiger partial charge in [0.25, 0.3) is 0 Å². The lowest BCUT2D eigenvalue weighted by molar-refractivity contribution is -0.117. The molecule has 0 spiro atoms. The number of halogens is 2. The highest BCUT2D eigenvalue weighted by molar-refractivity contribution is 6.42. The average Bonchev–Trinajstić information content (AvgIpc) is 3.29. The third kappa shape index (κ3) is 4.45. The molecule has 2 amide bonds. The first-order valence-corrected chi connectivity index (χ1v) is 10.8. The lowest BCUT2D eigenvalue weighted by Gasteiger charge is -2.16. The van der Waals surface area contributed by atoms with Gasteiger partial charge in [-0.15, -0.1) is 0 Å². The fraction of sp³-hybridized carbons (Fsp3) is 0.261. The number of hydrogen-bond donors (Lipinski definition) is 1. The van der Waals surface area contributed by atoms with Crippen LogP contribution in [0.3, 0.4) is 0 Å². The van der Waals surface area contributed by atoms with E-state index in [0.717, 1.165) is 41.3 Å². The van der Waals surface area contributed by atoms with E-state index in [0.29, 0.717) is 22.2 Å². The van der Waals surface area contributed by atoms with Crippen molar-refractivity contribution in [1.82, 2.24) is 9.78 Å². The summed E-state index contributed by atoms with van der Waals surface area (Å²) < 4.78 is 1.77. The predicted octanol–water partition coefficient (Wildman–Crippen LogP) is 5.10. The van der Waals surface area contributed by atoms with E-state index in [2.05, 4.69) is 10.4 Å². The van der Waals surface area contributed by atoms with Crippen molar-refractivity contribution in [3.8, 4) is 5.69 Å². The Morgan fingerprint density at radius 2 is 1.77 bits per heavy atom. The van der Waals surface area contributed by atoms with Crippen molar-refractivity contribution in [2.45, 2.75) is 33.1 Å². The van der Waals surface area contributed by atoms with Gasteiger partial charge >= 0.3 is 0 Å². The van der Waals surface area contributed by atoms with Crippen LogP contribution in [-0.2, 0) is 16.0 Å². The highest BCUT2D eigenvalue weighted by Crippen LogP contribution is 2.27. The van der Waals surface area contributed by atoms with Crippen LogP contribution in [0.1, 0.15) is 29.8 Å². The van der Waals surface area contributed by atoms with Gasteiger partial charge in [0.2, 0.25) is 11.8 Å². The third-order valence-electron chi connectivity index (χ3n) is 5.46. The van der Waals surface area contributed by atoms with Crippen molar-refractivity contribution in [2.75, 3.05) is 16.8 Å². The molecule has 1 N–H and O–H groups in total. The molecule has 0 saturated carbocycles. The fourth-order valence-electron chi connectivity index (χ4n) is 3.81. The van der Waals surface area contributed by atoms with Crippen LogP contribution in [0.15, 0.2) is 42.5 Å². The Morgan fingerprint density at radius 1 is 1.06 bits per heavy atom. The van der Waals surface area contributed by atoms with Gasteiger partial charge in [-0.2, -0.15) is 5.10 Å². The maximum Gasteiger partial charge on any atom is 0.228 e. The second kappa shape index (κ2) is 8.73. The van der Waals surface area contributed by atoms with E-state index >= 15 is 0 Å². The summed E-state index contributed by atoms with van der Waals surface area (Å²) in [6.07, 6.45) is 1.67. The molecule has 1 aliphatic heterocycles. The maximum atomic E-state index is 12.7. The summed E-state index contributed by atoms with van der Waals surface area (Å²) in [5, 5.41) is 8.42. The van der Waals surface area contributed by atoms with Gasteiger partial charge in [0, 0.05) is 35.6 Å². The number of benzene rings is 2. The molecular weight excluding hydrogens is 435 g/mol. The summed E-state index contributed by atoms with van der Waals surface area (Å²) in [5.74, 6) is 0.00612. The van der Waals surface area contributed by atoms with E-state index in [-0.39, 0.29) is 18.2 Å². The zero-order valence-corrected chi connectivity index (χ0v) is 18.8. The molecule has 1 aromatic heterocycles. The predicted molar refractivity (Wildman–Crippen MR) is 123 cm³/mol. The molecule has 0 aliphatic carbocycles. The zero-order valence-electron chi connectivity index (χ0n) is 17.3. The van der Waals surface area contributed by atoms with Crippen LogP contribution < -0.4 is 10.2 Å². The molecule has 160 valence electrons. The average molecular weight is 457 g/mol. The standard InChI is InChI=1S/C23H22Cl2N4O2/c1-14-19(15(2)29(27-14)18-9-10-20(24)21(25)12-18)13-22(30)26-16-5-7-17(8-6-16)28-11-3-4-23(28)31/h5-10,12H,3-4,11,13H2,1-2H3,(H,26,30). The second-order valence-corrected chi connectivity index (χ2v) is 8.39. The summed E-state index contributed by atoms with van der Waals surface area (Å²) in [4.78, 5) is 26.3. The number of rotatable bonds is 5. The molecule has 3 aromatic rings. The van der Waals surface area contributed by atoms with Crippen LogP contribution in [-0.4, -0.2) is 28.1 Å². The number of aryl methyl sites for hydroxylation is 1. The van der Waals surface area contributed by atoms with Gasteiger partial charge in [-0.1, -0.05) is 23.2 Å². The Morgan fingerprint density at radius 3 is 2.42 bits per heavy atom. The Balaban J connectivity index is 1.47. The van der Waals surface area contributed by atoms with Crippen LogP contribution in [0.25, 0.3) is 5.69 Å². The van der Waals surface area contributed by atoms with E-state index in [1.165, 1.54) is 0 Å². The fourth-order valence-corrected chi connectivity index (χ4v) is 4.10. The maximum absolute atomic E-state index is 12.7. The molecule has 0 unspecified atom stereocenters. The summed E-state index contributed by atoms with van der Waals surface area (Å²) in [5.41, 5.74) is 4.84. The Labute approximate surface area is 190 Å². The Hall–Kier alpha value is -2.83. The molecule has 1 fully saturated rings. The molecule has 8 heteroatoms. The van der Waals surface area contributed by atoms with Crippen LogP contribution in [0.5, 0.6) is 0 Å². The van der Waals surface area contributed by atoms with Gasteiger partial charge in [-0.3, -0.25) is 9.59 Å². The van der Waals surface area contributed by atoms with Crippen molar-refractivity contribution in [2.24, 2.45) is 0 Å². The molecule has 0 bridgehead atoms. The van der Waals surface area contributed by atoms with Crippen LogP contribution >= 0.6 is 23.2 Å². The van der Waals surface area contributed by atoms with E-state index < -0.39 is 0 Å². The molecule has 1 aliphatic rings. The van der Waals surface area contributed by atoms with Crippen molar-refractivity contribution in [3.63, 3.8) is 0 Å². The van der Waals surface area contributed by atoms with Crippen molar-refractivity contribution in [1.29, 1.82) is 0 Å². The first kappa shape index (κ1) is 21.4. The molecule has 2 aromatic carbocycles. The second-order valence-electron chi connectivity index (χ2n) is 7.58. The number of aromatic nitrogens is 2. The van der Waals surface area contributed by atoms with Gasteiger partial charge < -0.3 is 10.2 Å². The number of carbonyl (C=O) groups excluding carboxylic acids is 2. The summed E-state index contributed by atoms with van der Waals surface area (Å²) >= 11 is 12.1. The highest BCUT2D eigenvalue weighted by Gasteiger charge is 2.21. The summed E-state index contributed by atoms with van der Waals surface area (Å²) in [6.45, 7) is 4.55. The number of carbonyl (C=O) groups is 2. The van der Waals surface area contributed by atoms with E-state index in [1.54, 1.807) is 21.7 Å². The van der Waals surface area contributed by atoms with Crippen molar-refractivity contribution < 1.29 is 9.59 Å². The number of anilines is 2. The van der Waals surface area contributed by atoms with E-state index in [9.17, 15) is 9.59 Å². The molecular formula is C23H22Cl2N4O2. The lowest BCUT2D eigenvalue weighted by atomic mass is 10.1. The topological polar surface area (TPSA) is 67.2 Å². The quantitative estimate of drug-likeness (QED) is 0.580. The van der Waals surface area contributed by atoms with E-state index in [4.69, 9.17) is 23.2 Å². The Bertz CT molecular complexity index is 1160. The minimum absolute atomic E-state index is 0.134. The van der Waals surface area contributed by atoms with Crippen molar-refractivity contribution >= 4 is 46.4 Å². The zero-order chi connectivity index (χ0) is 22.1. The number of hydrogen-bond acceptors (Lipinski definition) is 3. The van der Waals surface area contributed by atoms with Gasteiger partial charge in [-0.05, 0) is 62.7 Å². The van der Waals surface area contributed by atoms with Crippen LogP contribution in [0.4, 0.5) is 11.4 Å². The lowest BCUT2D eigenvalue weighted by Crippen LogP contribution is -2.23. The highest BCUT2D eigenvalue weighted by atomic mass is 35.5. The molecule has 4 rings (SSSR count). The van der Waals surface area contributed by atoms with Crippen molar-refractivity contribution in [3.05, 3.63) is 69.5 Å². The monoisotopic (exact) mass is 456 g/mol. The molecule has 31 heavy (non-hydrogen) atoms. The Kier molecular flexibility index (Phi) is 6.03. The SMILES string of the molecule is Cc1nn(-c2ccc(Cl)c(Cl)c2)c(C)c1CC(=O)Nc1ccc(N2CCCC2=O)cc1. The minimum Gasteiger partial charge on any atom is -0.326 e. The smallest absolute Gasteiger partial charge is 0.228 e. The van der Waals surface area contributed by atoms with E-state index in [1.807, 2.05) is 44.2 Å². The van der Waals surface area contributed by atoms with Crippen LogP contribution in [0, 0.1) is 13.8 Å². The van der Waals surface area contributed by atoms with Gasteiger partial charge in [0.1, 0.15) is 0 Å². The summed E-state index contributed by atoms with van der Waals surface area (Å²) in [6, 6.07) is 12.7. The molecule has 0 radical (unpaired) electrons. The molecule has 1 saturated heterocycles. The molecule has 0 atom stereocenters. The summed E-state index contributed by atoms with van der Waals surface area (Å²) in [7, 11) is 0. The first-order valence-electron chi connectivity index (χ1n) is 10.0. The number of nitrogens with zero attached hydrogens (tertiary/aromatic N) is 3. The largest absolute Gasteiger partial charge is 0.326 e. The minimum atomic E-state index is -0.134. The van der Waals surface area contributed by atoms with Gasteiger partial charge in [0.15, 0.2) is 0 Å². The van der Waals surface area contributed by atoms with Gasteiger partial charge in [0.05, 0.1) is 27.8 Å².